The average molecular weight is 215 g/mol. The molecule has 1 heterocycles. The summed E-state index contributed by atoms with van der Waals surface area (Å²) in [6, 6.07) is 4.45. The molecule has 1 N–H and O–H groups in total. The Bertz CT molecular complexity index is 330. The first-order valence-corrected chi connectivity index (χ1v) is 4.92. The van der Waals surface area contributed by atoms with E-state index in [1.54, 1.807) is 0 Å². The molecule has 2 rings (SSSR count). The van der Waals surface area contributed by atoms with Gasteiger partial charge in [0.2, 0.25) is 0 Å². The molecule has 0 amide bonds. The monoisotopic (exact) mass is 215 g/mol. The molecule has 0 spiro atoms. The number of nitrogens with one attached hydrogen (secondary N) is 1. The summed E-state index contributed by atoms with van der Waals surface area (Å²) in [4.78, 5) is 0. The van der Waals surface area contributed by atoms with Crippen LogP contribution in [-0.2, 0) is 5.92 Å². The Labute approximate surface area is 86.3 Å². The number of hydrogen-bond donors (Lipinski definition) is 1. The Balaban J connectivity index is 2.09. The van der Waals surface area contributed by atoms with Gasteiger partial charge in [-0.2, -0.15) is 0 Å². The largest absolute Gasteiger partial charge is 0.316 e. The van der Waals surface area contributed by atoms with Gasteiger partial charge in [0.05, 0.1) is 0 Å². The lowest BCUT2D eigenvalue weighted by Crippen LogP contribution is -2.44. The molecule has 15 heavy (non-hydrogen) atoms. The van der Waals surface area contributed by atoms with Crippen molar-refractivity contribution in [1.29, 1.82) is 0 Å². The second-order valence-corrected chi connectivity index (χ2v) is 3.94. The van der Waals surface area contributed by atoms with Gasteiger partial charge >= 0.3 is 0 Å². The van der Waals surface area contributed by atoms with Crippen LogP contribution in [0.2, 0.25) is 0 Å². The number of halogens is 3. The van der Waals surface area contributed by atoms with Gasteiger partial charge in [-0.3, -0.25) is 0 Å². The quantitative estimate of drug-likeness (QED) is 0.817. The standard InChI is InChI=1S/C11H12F3N/c12-10-3-1-9(2-4-10)11(13,14)5-8-6-15-7-8/h1-4,8,15H,5-7H2. The molecular weight excluding hydrogens is 203 g/mol. The zero-order chi connectivity index (χ0) is 10.9. The Morgan fingerprint density at radius 3 is 2.27 bits per heavy atom. The van der Waals surface area contributed by atoms with Crippen LogP contribution in [0.1, 0.15) is 12.0 Å². The van der Waals surface area contributed by atoms with Crippen molar-refractivity contribution in [3.63, 3.8) is 0 Å². The van der Waals surface area contributed by atoms with Gasteiger partial charge in [0, 0.05) is 12.0 Å². The summed E-state index contributed by atoms with van der Waals surface area (Å²) in [5.41, 5.74) is -0.101. The third-order valence-electron chi connectivity index (χ3n) is 2.68. The zero-order valence-electron chi connectivity index (χ0n) is 8.14. The molecule has 0 aliphatic carbocycles. The molecular formula is C11H12F3N. The molecule has 1 fully saturated rings. The highest BCUT2D eigenvalue weighted by molar-refractivity contribution is 5.21. The number of alkyl halides is 2. The Hall–Kier alpha value is -1.03. The summed E-state index contributed by atoms with van der Waals surface area (Å²) in [6.07, 6.45) is -0.161. The maximum atomic E-state index is 13.6. The minimum absolute atomic E-state index is 0.0325. The van der Waals surface area contributed by atoms with Crippen LogP contribution < -0.4 is 5.32 Å². The maximum Gasteiger partial charge on any atom is 0.273 e. The molecule has 1 saturated heterocycles. The van der Waals surface area contributed by atoms with E-state index in [2.05, 4.69) is 5.32 Å². The summed E-state index contributed by atoms with van der Waals surface area (Å²) < 4.78 is 39.8. The van der Waals surface area contributed by atoms with Crippen molar-refractivity contribution in [1.82, 2.24) is 5.32 Å². The van der Waals surface area contributed by atoms with E-state index in [9.17, 15) is 13.2 Å². The number of benzene rings is 1. The zero-order valence-corrected chi connectivity index (χ0v) is 8.14. The van der Waals surface area contributed by atoms with Crippen molar-refractivity contribution in [2.45, 2.75) is 12.3 Å². The van der Waals surface area contributed by atoms with E-state index >= 15 is 0 Å². The average Bonchev–Trinajstić information content (AvgIpc) is 2.13. The van der Waals surface area contributed by atoms with E-state index in [1.807, 2.05) is 0 Å². The van der Waals surface area contributed by atoms with Crippen LogP contribution in [0.5, 0.6) is 0 Å². The second-order valence-electron chi connectivity index (χ2n) is 3.94. The summed E-state index contributed by atoms with van der Waals surface area (Å²) in [6.45, 7) is 1.30. The fourth-order valence-electron chi connectivity index (χ4n) is 1.67. The molecule has 1 aliphatic heterocycles. The van der Waals surface area contributed by atoms with Gasteiger partial charge in [-0.1, -0.05) is 12.1 Å². The molecule has 1 aromatic carbocycles. The Morgan fingerprint density at radius 1 is 1.20 bits per heavy atom. The predicted octanol–water partition coefficient (Wildman–Crippen LogP) is 2.53. The van der Waals surface area contributed by atoms with Gasteiger partial charge in [0.15, 0.2) is 0 Å². The summed E-state index contributed by atoms with van der Waals surface area (Å²) >= 11 is 0. The van der Waals surface area contributed by atoms with Crippen LogP contribution >= 0.6 is 0 Å². The third-order valence-corrected chi connectivity index (χ3v) is 2.68. The van der Waals surface area contributed by atoms with Gasteiger partial charge in [0.1, 0.15) is 5.82 Å². The summed E-state index contributed by atoms with van der Waals surface area (Å²) in [5, 5.41) is 2.95. The smallest absolute Gasteiger partial charge is 0.273 e. The molecule has 1 nitrogen and oxygen atoms in total. The Morgan fingerprint density at radius 2 is 1.80 bits per heavy atom. The highest BCUT2D eigenvalue weighted by Gasteiger charge is 2.36. The van der Waals surface area contributed by atoms with E-state index < -0.39 is 11.7 Å². The molecule has 0 aromatic heterocycles. The minimum atomic E-state index is -2.85. The van der Waals surface area contributed by atoms with Crippen molar-refractivity contribution < 1.29 is 13.2 Å². The van der Waals surface area contributed by atoms with Crippen LogP contribution in [-0.4, -0.2) is 13.1 Å². The molecule has 1 aromatic rings. The molecule has 0 unspecified atom stereocenters. The lowest BCUT2D eigenvalue weighted by molar-refractivity contribution is -0.0356. The molecule has 82 valence electrons. The fourth-order valence-corrected chi connectivity index (χ4v) is 1.67. The Kier molecular flexibility index (Phi) is 2.69. The number of hydrogen-bond acceptors (Lipinski definition) is 1. The van der Waals surface area contributed by atoms with Gasteiger partial charge < -0.3 is 5.32 Å². The summed E-state index contributed by atoms with van der Waals surface area (Å²) in [7, 11) is 0. The van der Waals surface area contributed by atoms with E-state index in [0.717, 1.165) is 24.3 Å². The highest BCUT2D eigenvalue weighted by Crippen LogP contribution is 2.35. The third kappa shape index (κ3) is 2.31. The topological polar surface area (TPSA) is 12.0 Å². The van der Waals surface area contributed by atoms with Crippen LogP contribution in [0.25, 0.3) is 0 Å². The van der Waals surface area contributed by atoms with E-state index in [4.69, 9.17) is 0 Å². The van der Waals surface area contributed by atoms with Crippen molar-refractivity contribution in [3.8, 4) is 0 Å². The van der Waals surface area contributed by atoms with E-state index in [1.165, 1.54) is 0 Å². The van der Waals surface area contributed by atoms with Crippen molar-refractivity contribution >= 4 is 0 Å². The van der Waals surface area contributed by atoms with Gasteiger partial charge in [-0.25, -0.2) is 13.2 Å². The molecule has 0 saturated carbocycles. The van der Waals surface area contributed by atoms with Crippen molar-refractivity contribution in [2.24, 2.45) is 5.92 Å². The SMILES string of the molecule is Fc1ccc(C(F)(F)CC2CNC2)cc1. The van der Waals surface area contributed by atoms with E-state index in [-0.39, 0.29) is 17.9 Å². The summed E-state index contributed by atoms with van der Waals surface area (Å²) in [5.74, 6) is -3.30. The molecule has 0 radical (unpaired) electrons. The number of rotatable bonds is 3. The van der Waals surface area contributed by atoms with Crippen molar-refractivity contribution in [2.75, 3.05) is 13.1 Å². The van der Waals surface area contributed by atoms with Crippen molar-refractivity contribution in [3.05, 3.63) is 35.6 Å². The highest BCUT2D eigenvalue weighted by atomic mass is 19.3. The van der Waals surface area contributed by atoms with Crippen LogP contribution in [0.4, 0.5) is 13.2 Å². The lowest BCUT2D eigenvalue weighted by Gasteiger charge is -2.30. The van der Waals surface area contributed by atoms with Crippen LogP contribution in [0.15, 0.2) is 24.3 Å². The van der Waals surface area contributed by atoms with Gasteiger partial charge in [0.25, 0.3) is 5.92 Å². The molecule has 0 bridgehead atoms. The normalized spacial score (nSPS) is 17.5. The first-order valence-electron chi connectivity index (χ1n) is 4.92. The predicted molar refractivity (Wildman–Crippen MR) is 51.3 cm³/mol. The first-order chi connectivity index (χ1) is 7.08. The maximum absolute atomic E-state index is 13.6. The second kappa shape index (κ2) is 3.85. The minimum Gasteiger partial charge on any atom is -0.316 e. The molecule has 1 aliphatic rings. The fraction of sp³-hybridized carbons (Fsp3) is 0.455. The lowest BCUT2D eigenvalue weighted by atomic mass is 9.92. The molecule has 0 atom stereocenters. The van der Waals surface area contributed by atoms with Crippen LogP contribution in [0.3, 0.4) is 0 Å². The molecule has 4 heteroatoms. The van der Waals surface area contributed by atoms with Gasteiger partial charge in [-0.15, -0.1) is 0 Å². The first kappa shape index (κ1) is 10.5. The van der Waals surface area contributed by atoms with E-state index in [0.29, 0.717) is 13.1 Å². The van der Waals surface area contributed by atoms with Crippen LogP contribution in [0, 0.1) is 11.7 Å². The van der Waals surface area contributed by atoms with Gasteiger partial charge in [-0.05, 0) is 31.1 Å².